The van der Waals surface area contributed by atoms with E-state index in [9.17, 15) is 0 Å². The zero-order chi connectivity index (χ0) is 8.39. The number of rotatable bonds is 2. The average Bonchev–Trinajstić information content (AvgIpc) is 2.51. The predicted molar refractivity (Wildman–Crippen MR) is 41.3 cm³/mol. The Labute approximate surface area is 68.4 Å². The van der Waals surface area contributed by atoms with Gasteiger partial charge in [0.2, 0.25) is 0 Å². The molecule has 2 aromatic rings. The van der Waals surface area contributed by atoms with Gasteiger partial charge in [-0.25, -0.2) is 4.98 Å². The molecule has 12 heavy (non-hydrogen) atoms. The highest BCUT2D eigenvalue weighted by atomic mass is 15.5. The lowest BCUT2D eigenvalue weighted by molar-refractivity contribution is 0.809. The molecule has 0 bridgehead atoms. The van der Waals surface area contributed by atoms with Crippen LogP contribution in [-0.4, -0.2) is 31.6 Å². The molecule has 6 nitrogen and oxygen atoms in total. The van der Waals surface area contributed by atoms with Crippen LogP contribution in [0.25, 0.3) is 5.78 Å². The summed E-state index contributed by atoms with van der Waals surface area (Å²) in [5.41, 5.74) is 6.43. The topological polar surface area (TPSA) is 82.0 Å². The van der Waals surface area contributed by atoms with E-state index in [2.05, 4.69) is 20.5 Å². The molecule has 2 rings (SSSR count). The second kappa shape index (κ2) is 2.82. The van der Waals surface area contributed by atoms with Crippen LogP contribution in [0.1, 0.15) is 5.56 Å². The largest absolute Gasteiger partial charge is 0.330 e. The summed E-state index contributed by atoms with van der Waals surface area (Å²) in [6.45, 7) is 0.606. The van der Waals surface area contributed by atoms with E-state index in [1.807, 2.05) is 6.20 Å². The Morgan fingerprint density at radius 3 is 3.25 bits per heavy atom. The van der Waals surface area contributed by atoms with Crippen LogP contribution >= 0.6 is 0 Å². The molecule has 0 fully saturated rings. The monoisotopic (exact) mass is 164 g/mol. The van der Waals surface area contributed by atoms with E-state index >= 15 is 0 Å². The number of aromatic nitrogens is 5. The van der Waals surface area contributed by atoms with Gasteiger partial charge in [-0.2, -0.15) is 4.52 Å². The van der Waals surface area contributed by atoms with Crippen molar-refractivity contribution < 1.29 is 0 Å². The Balaban J connectivity index is 2.46. The lowest BCUT2D eigenvalue weighted by Gasteiger charge is -1.95. The molecular weight excluding hydrogens is 156 g/mol. The van der Waals surface area contributed by atoms with Gasteiger partial charge in [-0.15, -0.1) is 0 Å². The summed E-state index contributed by atoms with van der Waals surface area (Å²) in [4.78, 5) is 4.03. The number of fused-ring (bicyclic) bond motifs is 1. The summed E-state index contributed by atoms with van der Waals surface area (Å²) in [6, 6.07) is 0. The van der Waals surface area contributed by atoms with Gasteiger partial charge in [0.25, 0.3) is 5.78 Å². The quantitative estimate of drug-likeness (QED) is 0.617. The third kappa shape index (κ3) is 1.12. The number of hydrogen-bond donors (Lipinski definition) is 1. The minimum atomic E-state index is 0.510. The molecule has 0 aliphatic carbocycles. The molecule has 0 spiro atoms. The Bertz CT molecular complexity index is 380. The highest BCUT2D eigenvalue weighted by molar-refractivity contribution is 5.24. The smallest absolute Gasteiger partial charge is 0.273 e. The summed E-state index contributed by atoms with van der Waals surface area (Å²) in [7, 11) is 0. The van der Waals surface area contributed by atoms with Crippen LogP contribution in [0.2, 0.25) is 0 Å². The number of nitrogens with two attached hydrogens (primary N) is 1. The van der Waals surface area contributed by atoms with Crippen molar-refractivity contribution in [3.8, 4) is 0 Å². The summed E-state index contributed by atoms with van der Waals surface area (Å²) in [5, 5.41) is 10.9. The first-order valence-electron chi connectivity index (χ1n) is 3.63. The van der Waals surface area contributed by atoms with Gasteiger partial charge in [-0.3, -0.25) is 0 Å². The molecule has 2 heterocycles. The van der Waals surface area contributed by atoms with Gasteiger partial charge in [0, 0.05) is 12.4 Å². The fraction of sp³-hybridized carbons (Fsp3) is 0.333. The molecule has 2 N–H and O–H groups in total. The first-order chi connectivity index (χ1) is 5.90. The van der Waals surface area contributed by atoms with E-state index in [0.717, 1.165) is 12.0 Å². The standard InChI is InChI=1S/C6H8N6/c7-2-1-5-3-8-6-9-10-11-12(6)4-5/h3-4H,1-2,7H2. The van der Waals surface area contributed by atoms with Crippen LogP contribution in [0.15, 0.2) is 12.4 Å². The zero-order valence-electron chi connectivity index (χ0n) is 6.38. The number of nitrogens with zero attached hydrogens (tertiary/aromatic N) is 5. The molecule has 0 saturated heterocycles. The summed E-state index contributed by atoms with van der Waals surface area (Å²) < 4.78 is 1.53. The van der Waals surface area contributed by atoms with Gasteiger partial charge in [0.1, 0.15) is 0 Å². The fourth-order valence-corrected chi connectivity index (χ4v) is 0.984. The Hall–Kier alpha value is -1.56. The molecular formula is C6H8N6. The van der Waals surface area contributed by atoms with Gasteiger partial charge in [0.05, 0.1) is 0 Å². The molecule has 0 radical (unpaired) electrons. The van der Waals surface area contributed by atoms with Crippen molar-refractivity contribution in [2.24, 2.45) is 5.73 Å². The molecule has 62 valence electrons. The zero-order valence-corrected chi connectivity index (χ0v) is 6.38. The summed E-state index contributed by atoms with van der Waals surface area (Å²) in [6.07, 6.45) is 4.36. The van der Waals surface area contributed by atoms with Crippen molar-refractivity contribution in [2.75, 3.05) is 6.54 Å². The van der Waals surface area contributed by atoms with Crippen LogP contribution in [0.4, 0.5) is 0 Å². The van der Waals surface area contributed by atoms with Crippen molar-refractivity contribution >= 4 is 5.78 Å². The van der Waals surface area contributed by atoms with Crippen LogP contribution in [0, 0.1) is 0 Å². The maximum absolute atomic E-state index is 5.39. The summed E-state index contributed by atoms with van der Waals surface area (Å²) >= 11 is 0. The minimum absolute atomic E-state index is 0.510. The normalized spacial score (nSPS) is 10.8. The molecule has 0 aliphatic rings. The van der Waals surface area contributed by atoms with Gasteiger partial charge >= 0.3 is 0 Å². The Kier molecular flexibility index (Phi) is 1.67. The maximum atomic E-state index is 5.39. The summed E-state index contributed by atoms with van der Waals surface area (Å²) in [5.74, 6) is 0.510. The second-order valence-corrected chi connectivity index (χ2v) is 2.42. The average molecular weight is 164 g/mol. The van der Waals surface area contributed by atoms with E-state index in [4.69, 9.17) is 5.73 Å². The van der Waals surface area contributed by atoms with Crippen LogP contribution < -0.4 is 5.73 Å². The highest BCUT2D eigenvalue weighted by Crippen LogP contribution is 1.97. The lowest BCUT2D eigenvalue weighted by atomic mass is 10.2. The number of tetrazole rings is 1. The third-order valence-electron chi connectivity index (χ3n) is 1.54. The third-order valence-corrected chi connectivity index (χ3v) is 1.54. The minimum Gasteiger partial charge on any atom is -0.330 e. The van der Waals surface area contributed by atoms with Gasteiger partial charge in [-0.05, 0) is 29.0 Å². The first-order valence-corrected chi connectivity index (χ1v) is 3.63. The van der Waals surface area contributed by atoms with Crippen LogP contribution in [-0.2, 0) is 6.42 Å². The van der Waals surface area contributed by atoms with Gasteiger partial charge in [0.15, 0.2) is 0 Å². The molecule has 0 aliphatic heterocycles. The lowest BCUT2D eigenvalue weighted by Crippen LogP contribution is -2.04. The van der Waals surface area contributed by atoms with Crippen molar-refractivity contribution in [1.82, 2.24) is 25.0 Å². The Morgan fingerprint density at radius 1 is 1.50 bits per heavy atom. The van der Waals surface area contributed by atoms with Gasteiger partial charge < -0.3 is 5.73 Å². The van der Waals surface area contributed by atoms with E-state index in [-0.39, 0.29) is 0 Å². The predicted octanol–water partition coefficient (Wildman–Crippen LogP) is -0.980. The van der Waals surface area contributed by atoms with Crippen molar-refractivity contribution in [2.45, 2.75) is 6.42 Å². The van der Waals surface area contributed by atoms with E-state index < -0.39 is 0 Å². The molecule has 0 amide bonds. The number of hydrogen-bond acceptors (Lipinski definition) is 5. The Morgan fingerprint density at radius 2 is 2.42 bits per heavy atom. The molecule has 6 heteroatoms. The molecule has 2 aromatic heterocycles. The van der Waals surface area contributed by atoms with Crippen LogP contribution in [0.3, 0.4) is 0 Å². The maximum Gasteiger partial charge on any atom is 0.273 e. The van der Waals surface area contributed by atoms with Crippen molar-refractivity contribution in [3.05, 3.63) is 18.0 Å². The first kappa shape index (κ1) is 7.11. The second-order valence-electron chi connectivity index (χ2n) is 2.42. The van der Waals surface area contributed by atoms with Crippen molar-refractivity contribution in [3.63, 3.8) is 0 Å². The SMILES string of the molecule is NCCc1cnc2nnnn2c1. The molecule has 0 atom stereocenters. The van der Waals surface area contributed by atoms with Crippen LogP contribution in [0.5, 0.6) is 0 Å². The van der Waals surface area contributed by atoms with E-state index in [0.29, 0.717) is 12.3 Å². The fourth-order valence-electron chi connectivity index (χ4n) is 0.984. The molecule has 0 aromatic carbocycles. The molecule has 0 unspecified atom stereocenters. The molecule has 0 saturated carbocycles. The van der Waals surface area contributed by atoms with Crippen molar-refractivity contribution in [1.29, 1.82) is 0 Å². The van der Waals surface area contributed by atoms with E-state index in [1.54, 1.807) is 6.20 Å². The highest BCUT2D eigenvalue weighted by Gasteiger charge is 1.98. The van der Waals surface area contributed by atoms with E-state index in [1.165, 1.54) is 4.52 Å². The van der Waals surface area contributed by atoms with Gasteiger partial charge in [-0.1, -0.05) is 5.10 Å².